The summed E-state index contributed by atoms with van der Waals surface area (Å²) in [4.78, 5) is 13.1. The van der Waals surface area contributed by atoms with Crippen LogP contribution in [0.3, 0.4) is 0 Å². The number of β-amino-alcohol motifs (C(OH)–C–C–N with tert-alkyl or cyclic N) is 1. The molecule has 0 radical (unpaired) electrons. The van der Waals surface area contributed by atoms with Crippen LogP contribution in [0.15, 0.2) is 0 Å². The lowest BCUT2D eigenvalue weighted by atomic mass is 10.2. The Kier molecular flexibility index (Phi) is 3.25. The quantitative estimate of drug-likeness (QED) is 0.608. The zero-order chi connectivity index (χ0) is 11.6. The van der Waals surface area contributed by atoms with Gasteiger partial charge in [-0.05, 0) is 20.8 Å². The van der Waals surface area contributed by atoms with Crippen LogP contribution >= 0.6 is 0 Å². The topological polar surface area (TPSA) is 49.8 Å². The van der Waals surface area contributed by atoms with Gasteiger partial charge >= 0.3 is 6.09 Å². The predicted molar refractivity (Wildman–Crippen MR) is 56.2 cm³/mol. The number of carbonyl (C=O) groups excluding carboxylic acids is 1. The van der Waals surface area contributed by atoms with E-state index in [0.29, 0.717) is 6.42 Å². The molecule has 0 spiro atoms. The monoisotopic (exact) mass is 211 g/mol. The molecule has 1 rings (SSSR count). The highest BCUT2D eigenvalue weighted by atomic mass is 16.6. The van der Waals surface area contributed by atoms with Gasteiger partial charge in [-0.3, -0.25) is 4.90 Å². The minimum absolute atomic E-state index is 0.254. The normalized spacial score (nSPS) is 26.2. The van der Waals surface area contributed by atoms with Gasteiger partial charge < -0.3 is 9.84 Å². The van der Waals surface area contributed by atoms with Crippen LogP contribution in [0.4, 0.5) is 4.79 Å². The molecule has 0 aromatic carbocycles. The van der Waals surface area contributed by atoms with Crippen LogP contribution in [0.5, 0.6) is 0 Å². The number of carbonyl (C=O) groups is 1. The number of terminal acetylenes is 1. The molecule has 2 atom stereocenters. The van der Waals surface area contributed by atoms with E-state index in [4.69, 9.17) is 11.2 Å². The lowest BCUT2D eigenvalue weighted by Crippen LogP contribution is -2.39. The van der Waals surface area contributed by atoms with Crippen molar-refractivity contribution < 1.29 is 14.6 Å². The summed E-state index contributed by atoms with van der Waals surface area (Å²) in [7, 11) is 0. The molecule has 4 heteroatoms. The second-order valence-corrected chi connectivity index (χ2v) is 4.70. The summed E-state index contributed by atoms with van der Waals surface area (Å²) in [5, 5.41) is 9.40. The standard InChI is InChI=1S/C11H17NO3/c1-5-8-6-9(13)7-12(8)10(14)15-11(2,3)4/h1,8-9,13H,6-7H2,2-4H3/t8-,9+/m1/s1. The number of nitrogens with zero attached hydrogens (tertiary/aromatic N) is 1. The largest absolute Gasteiger partial charge is 0.444 e. The zero-order valence-corrected chi connectivity index (χ0v) is 9.36. The number of likely N-dealkylation sites (tertiary alicyclic amines) is 1. The highest BCUT2D eigenvalue weighted by Gasteiger charge is 2.35. The van der Waals surface area contributed by atoms with Gasteiger partial charge in [-0.15, -0.1) is 6.42 Å². The van der Waals surface area contributed by atoms with Gasteiger partial charge in [0.05, 0.1) is 18.7 Å². The van der Waals surface area contributed by atoms with E-state index in [1.807, 2.05) is 0 Å². The summed E-state index contributed by atoms with van der Waals surface area (Å²) in [6.07, 6.45) is 4.70. The van der Waals surface area contributed by atoms with E-state index in [0.717, 1.165) is 0 Å². The first-order valence-corrected chi connectivity index (χ1v) is 4.97. The molecule has 1 aliphatic rings. The third-order valence-corrected chi connectivity index (χ3v) is 2.10. The molecule has 0 aromatic rings. The van der Waals surface area contributed by atoms with Crippen molar-refractivity contribution in [3.05, 3.63) is 0 Å². The van der Waals surface area contributed by atoms with Gasteiger partial charge in [-0.1, -0.05) is 5.92 Å². The molecule has 0 aromatic heterocycles. The highest BCUT2D eigenvalue weighted by molar-refractivity contribution is 5.69. The molecule has 0 bridgehead atoms. The average Bonchev–Trinajstić information content (AvgIpc) is 2.43. The van der Waals surface area contributed by atoms with Gasteiger partial charge in [0, 0.05) is 6.42 Å². The minimum atomic E-state index is -0.543. The smallest absolute Gasteiger partial charge is 0.411 e. The van der Waals surface area contributed by atoms with E-state index in [1.54, 1.807) is 20.8 Å². The first kappa shape index (κ1) is 11.9. The molecule has 0 aliphatic carbocycles. The second kappa shape index (κ2) is 4.11. The molecule has 1 aliphatic heterocycles. The van der Waals surface area contributed by atoms with Crippen molar-refractivity contribution in [1.82, 2.24) is 4.90 Å². The van der Waals surface area contributed by atoms with Crippen LogP contribution in [-0.4, -0.2) is 40.4 Å². The van der Waals surface area contributed by atoms with Crippen LogP contribution in [0.1, 0.15) is 27.2 Å². The number of hydrogen-bond acceptors (Lipinski definition) is 3. The summed E-state index contributed by atoms with van der Waals surface area (Å²) < 4.78 is 5.18. The molecular weight excluding hydrogens is 194 g/mol. The number of aliphatic hydroxyl groups excluding tert-OH is 1. The van der Waals surface area contributed by atoms with E-state index in [1.165, 1.54) is 4.90 Å². The molecule has 4 nitrogen and oxygen atoms in total. The van der Waals surface area contributed by atoms with Gasteiger partial charge in [0.2, 0.25) is 0 Å². The Hall–Kier alpha value is -1.21. The van der Waals surface area contributed by atoms with E-state index < -0.39 is 17.8 Å². The van der Waals surface area contributed by atoms with Crippen molar-refractivity contribution in [1.29, 1.82) is 0 Å². The maximum absolute atomic E-state index is 11.7. The molecule has 84 valence electrons. The van der Waals surface area contributed by atoms with Crippen molar-refractivity contribution in [2.24, 2.45) is 0 Å². The SMILES string of the molecule is C#C[C@@H]1C[C@H](O)CN1C(=O)OC(C)(C)C. The van der Waals surface area contributed by atoms with E-state index in [2.05, 4.69) is 5.92 Å². The summed E-state index contributed by atoms with van der Waals surface area (Å²) in [5.41, 5.74) is -0.538. The summed E-state index contributed by atoms with van der Waals surface area (Å²) >= 11 is 0. The Bertz CT molecular complexity index is 287. The lowest BCUT2D eigenvalue weighted by Gasteiger charge is -2.26. The van der Waals surface area contributed by atoms with E-state index >= 15 is 0 Å². The Balaban J connectivity index is 2.64. The van der Waals surface area contributed by atoms with Crippen molar-refractivity contribution >= 4 is 6.09 Å². The molecular formula is C11H17NO3. The first-order valence-electron chi connectivity index (χ1n) is 4.97. The van der Waals surface area contributed by atoms with Crippen molar-refractivity contribution in [2.45, 2.75) is 44.9 Å². The Morgan fingerprint density at radius 2 is 2.20 bits per heavy atom. The average molecular weight is 211 g/mol. The number of ether oxygens (including phenoxy) is 1. The maximum Gasteiger partial charge on any atom is 0.411 e. The van der Waals surface area contributed by atoms with Crippen LogP contribution in [0.2, 0.25) is 0 Å². The minimum Gasteiger partial charge on any atom is -0.444 e. The summed E-state index contributed by atoms with van der Waals surface area (Å²) in [5.74, 6) is 2.48. The lowest BCUT2D eigenvalue weighted by molar-refractivity contribution is 0.0239. The number of aliphatic hydroxyl groups is 1. The van der Waals surface area contributed by atoms with Crippen LogP contribution < -0.4 is 0 Å². The van der Waals surface area contributed by atoms with Crippen molar-refractivity contribution in [3.63, 3.8) is 0 Å². The molecule has 15 heavy (non-hydrogen) atoms. The molecule has 0 saturated carbocycles. The third-order valence-electron chi connectivity index (χ3n) is 2.10. The highest BCUT2D eigenvalue weighted by Crippen LogP contribution is 2.20. The molecule has 1 fully saturated rings. The molecule has 1 heterocycles. The number of rotatable bonds is 0. The van der Waals surface area contributed by atoms with Gasteiger partial charge in [0.25, 0.3) is 0 Å². The van der Waals surface area contributed by atoms with Crippen molar-refractivity contribution in [3.8, 4) is 12.3 Å². The third kappa shape index (κ3) is 3.14. The maximum atomic E-state index is 11.7. The molecule has 1 N–H and O–H groups in total. The zero-order valence-electron chi connectivity index (χ0n) is 9.36. The van der Waals surface area contributed by atoms with Crippen LogP contribution in [-0.2, 0) is 4.74 Å². The predicted octanol–water partition coefficient (Wildman–Crippen LogP) is 0.990. The fourth-order valence-electron chi connectivity index (χ4n) is 1.49. The van der Waals surface area contributed by atoms with Crippen LogP contribution in [0, 0.1) is 12.3 Å². The van der Waals surface area contributed by atoms with Gasteiger partial charge in [-0.2, -0.15) is 0 Å². The summed E-state index contributed by atoms with van der Waals surface area (Å²) in [6, 6.07) is -0.352. The Morgan fingerprint density at radius 1 is 1.60 bits per heavy atom. The van der Waals surface area contributed by atoms with E-state index in [-0.39, 0.29) is 12.6 Å². The number of amides is 1. The molecule has 0 unspecified atom stereocenters. The number of hydrogen-bond donors (Lipinski definition) is 1. The second-order valence-electron chi connectivity index (χ2n) is 4.70. The van der Waals surface area contributed by atoms with E-state index in [9.17, 15) is 9.90 Å². The van der Waals surface area contributed by atoms with Gasteiger partial charge in [-0.25, -0.2) is 4.79 Å². The Labute approximate surface area is 90.2 Å². The fraction of sp³-hybridized carbons (Fsp3) is 0.727. The Morgan fingerprint density at radius 3 is 2.67 bits per heavy atom. The van der Waals surface area contributed by atoms with Gasteiger partial charge in [0.15, 0.2) is 0 Å². The van der Waals surface area contributed by atoms with Crippen molar-refractivity contribution in [2.75, 3.05) is 6.54 Å². The van der Waals surface area contributed by atoms with Crippen LogP contribution in [0.25, 0.3) is 0 Å². The molecule has 1 amide bonds. The summed E-state index contributed by atoms with van der Waals surface area (Å²) in [6.45, 7) is 5.64. The first-order chi connectivity index (χ1) is 6.83. The fourth-order valence-corrected chi connectivity index (χ4v) is 1.49. The molecule has 1 saturated heterocycles. The van der Waals surface area contributed by atoms with Gasteiger partial charge in [0.1, 0.15) is 5.60 Å².